The molecule has 0 saturated heterocycles. The summed E-state index contributed by atoms with van der Waals surface area (Å²) in [7, 11) is 0. The molecule has 0 aliphatic heterocycles. The van der Waals surface area contributed by atoms with Gasteiger partial charge in [-0.05, 0) is 31.4 Å². The van der Waals surface area contributed by atoms with E-state index >= 15 is 0 Å². The minimum Gasteiger partial charge on any atom is -0.491 e. The van der Waals surface area contributed by atoms with Crippen molar-refractivity contribution in [1.29, 1.82) is 0 Å². The predicted octanol–water partition coefficient (Wildman–Crippen LogP) is 2.14. The number of ether oxygens (including phenoxy) is 1. The maximum atomic E-state index is 11.1. The van der Waals surface area contributed by atoms with E-state index in [1.54, 1.807) is 13.1 Å². The maximum absolute atomic E-state index is 11.1. The lowest BCUT2D eigenvalue weighted by atomic mass is 10.2. The Morgan fingerprint density at radius 3 is 3.05 bits per heavy atom. The second-order valence-electron chi connectivity index (χ2n) is 4.16. The van der Waals surface area contributed by atoms with Crippen molar-refractivity contribution >= 4 is 16.8 Å². The van der Waals surface area contributed by atoms with Gasteiger partial charge in [-0.1, -0.05) is 24.1 Å². The zero-order valence-corrected chi connectivity index (χ0v) is 11.3. The van der Waals surface area contributed by atoms with Crippen molar-refractivity contribution in [2.24, 2.45) is 0 Å². The Labute approximate surface area is 118 Å². The summed E-state index contributed by atoms with van der Waals surface area (Å²) in [5, 5.41) is 3.75. The molecule has 1 amide bonds. The zero-order valence-electron chi connectivity index (χ0n) is 11.3. The Bertz CT molecular complexity index is 651. The second kappa shape index (κ2) is 7.15. The Hall–Kier alpha value is -2.54. The minimum absolute atomic E-state index is 0.251. The molecule has 102 valence electrons. The number of carbonyl (C=O) groups excluding carboxylic acids is 1. The van der Waals surface area contributed by atoms with Crippen LogP contribution in [0.4, 0.5) is 0 Å². The fourth-order valence-electron chi connectivity index (χ4n) is 1.81. The first-order valence-electron chi connectivity index (χ1n) is 6.48. The van der Waals surface area contributed by atoms with Crippen molar-refractivity contribution in [3.8, 4) is 17.6 Å². The third-order valence-corrected chi connectivity index (χ3v) is 2.70. The number of hydrogen-bond donors (Lipinski definition) is 1. The fraction of sp³-hybridized carbons (Fsp3) is 0.250. The number of hydrogen-bond acceptors (Lipinski definition) is 3. The van der Waals surface area contributed by atoms with Gasteiger partial charge < -0.3 is 10.1 Å². The lowest BCUT2D eigenvalue weighted by Crippen LogP contribution is -2.23. The summed E-state index contributed by atoms with van der Waals surface area (Å²) in [5.41, 5.74) is 0.857. The van der Waals surface area contributed by atoms with Crippen molar-refractivity contribution in [2.45, 2.75) is 13.3 Å². The Morgan fingerprint density at radius 2 is 2.20 bits per heavy atom. The van der Waals surface area contributed by atoms with Crippen molar-refractivity contribution in [2.75, 3.05) is 13.2 Å². The van der Waals surface area contributed by atoms with Crippen molar-refractivity contribution in [1.82, 2.24) is 10.3 Å². The molecule has 1 heterocycles. The van der Waals surface area contributed by atoms with Gasteiger partial charge in [0, 0.05) is 18.1 Å². The maximum Gasteiger partial charge on any atom is 0.295 e. The molecule has 4 nitrogen and oxygen atoms in total. The third-order valence-electron chi connectivity index (χ3n) is 2.70. The quantitative estimate of drug-likeness (QED) is 0.667. The molecule has 0 aliphatic carbocycles. The number of benzene rings is 1. The van der Waals surface area contributed by atoms with Crippen molar-refractivity contribution < 1.29 is 9.53 Å². The summed E-state index contributed by atoms with van der Waals surface area (Å²) in [6.45, 7) is 2.71. The number of fused-ring (bicyclic) bond motifs is 1. The summed E-state index contributed by atoms with van der Waals surface area (Å²) >= 11 is 0. The average Bonchev–Trinajstić information content (AvgIpc) is 2.47. The number of aromatic nitrogens is 1. The molecule has 1 aromatic heterocycles. The molecule has 1 N–H and O–H groups in total. The number of carbonyl (C=O) groups is 1. The molecular formula is C16H16N2O2. The average molecular weight is 268 g/mol. The van der Waals surface area contributed by atoms with Crippen LogP contribution in [0.2, 0.25) is 0 Å². The van der Waals surface area contributed by atoms with Crippen molar-refractivity contribution in [3.05, 3.63) is 36.5 Å². The van der Waals surface area contributed by atoms with E-state index < -0.39 is 0 Å². The lowest BCUT2D eigenvalue weighted by Gasteiger charge is -2.08. The van der Waals surface area contributed by atoms with Gasteiger partial charge in [-0.15, -0.1) is 0 Å². The topological polar surface area (TPSA) is 51.2 Å². The molecule has 0 bridgehead atoms. The molecule has 0 aliphatic rings. The molecule has 0 atom stereocenters. The highest BCUT2D eigenvalue weighted by Gasteiger charge is 2.02. The van der Waals surface area contributed by atoms with E-state index in [9.17, 15) is 4.79 Å². The first kappa shape index (κ1) is 13.9. The van der Waals surface area contributed by atoms with E-state index in [4.69, 9.17) is 4.74 Å². The van der Waals surface area contributed by atoms with Crippen LogP contribution in [-0.4, -0.2) is 24.0 Å². The fourth-order valence-corrected chi connectivity index (χ4v) is 1.81. The molecule has 0 spiro atoms. The van der Waals surface area contributed by atoms with Crippen LogP contribution in [0.3, 0.4) is 0 Å². The van der Waals surface area contributed by atoms with Gasteiger partial charge in [0.25, 0.3) is 5.91 Å². The monoisotopic (exact) mass is 268 g/mol. The minimum atomic E-state index is -0.251. The number of para-hydroxylation sites is 1. The van der Waals surface area contributed by atoms with Crippen LogP contribution in [0.25, 0.3) is 10.9 Å². The molecule has 0 saturated carbocycles. The number of rotatable bonds is 5. The number of nitrogens with zero attached hydrogens (tertiary/aromatic N) is 1. The van der Waals surface area contributed by atoms with E-state index in [0.717, 1.165) is 23.1 Å². The van der Waals surface area contributed by atoms with Gasteiger partial charge >= 0.3 is 0 Å². The van der Waals surface area contributed by atoms with E-state index in [1.165, 1.54) is 0 Å². The van der Waals surface area contributed by atoms with Crippen LogP contribution in [0.15, 0.2) is 36.5 Å². The number of nitrogens with one attached hydrogen (secondary N) is 1. The molecule has 0 unspecified atom stereocenters. The molecule has 2 rings (SSSR count). The number of pyridine rings is 1. The first-order chi connectivity index (χ1) is 9.81. The van der Waals surface area contributed by atoms with E-state index in [0.29, 0.717) is 13.2 Å². The van der Waals surface area contributed by atoms with Crippen LogP contribution < -0.4 is 10.1 Å². The van der Waals surface area contributed by atoms with Gasteiger partial charge in [-0.2, -0.15) is 0 Å². The first-order valence-corrected chi connectivity index (χ1v) is 6.48. The smallest absolute Gasteiger partial charge is 0.295 e. The lowest BCUT2D eigenvalue weighted by molar-refractivity contribution is -0.115. The van der Waals surface area contributed by atoms with Crippen molar-refractivity contribution in [3.63, 3.8) is 0 Å². The molecular weight excluding hydrogens is 252 g/mol. The van der Waals surface area contributed by atoms with Crippen LogP contribution in [0, 0.1) is 11.8 Å². The summed E-state index contributed by atoms with van der Waals surface area (Å²) in [5.74, 6) is 5.50. The summed E-state index contributed by atoms with van der Waals surface area (Å²) in [6.07, 6.45) is 2.47. The number of amides is 1. The molecule has 4 heteroatoms. The molecule has 0 radical (unpaired) electrons. The highest BCUT2D eigenvalue weighted by molar-refractivity contribution is 5.93. The molecule has 1 aromatic carbocycles. The van der Waals surface area contributed by atoms with Crippen LogP contribution in [-0.2, 0) is 4.79 Å². The van der Waals surface area contributed by atoms with Gasteiger partial charge in [0.15, 0.2) is 0 Å². The highest BCUT2D eigenvalue weighted by atomic mass is 16.5. The standard InChI is InChI=1S/C16H16N2O2/c1-2-6-15(19)17-11-5-12-20-14-9-3-7-13-8-4-10-18-16(13)14/h3-4,7-10H,5,11-12H2,1H3,(H,17,19). The van der Waals surface area contributed by atoms with Crippen LogP contribution in [0.5, 0.6) is 5.75 Å². The van der Waals surface area contributed by atoms with Gasteiger partial charge in [-0.3, -0.25) is 9.78 Å². The zero-order chi connectivity index (χ0) is 14.2. The Balaban J connectivity index is 1.84. The molecule has 20 heavy (non-hydrogen) atoms. The summed E-state index contributed by atoms with van der Waals surface area (Å²) in [6, 6.07) is 9.74. The van der Waals surface area contributed by atoms with Gasteiger partial charge in [0.2, 0.25) is 0 Å². The van der Waals surface area contributed by atoms with E-state index in [-0.39, 0.29) is 5.91 Å². The van der Waals surface area contributed by atoms with E-state index in [2.05, 4.69) is 22.1 Å². The largest absolute Gasteiger partial charge is 0.491 e. The van der Waals surface area contributed by atoms with Gasteiger partial charge in [-0.25, -0.2) is 0 Å². The predicted molar refractivity (Wildman–Crippen MR) is 78.3 cm³/mol. The Kier molecular flexibility index (Phi) is 4.96. The SMILES string of the molecule is CC#CC(=O)NCCCOc1cccc2cccnc12. The summed E-state index contributed by atoms with van der Waals surface area (Å²) < 4.78 is 5.71. The highest BCUT2D eigenvalue weighted by Crippen LogP contribution is 2.22. The summed E-state index contributed by atoms with van der Waals surface area (Å²) in [4.78, 5) is 15.4. The Morgan fingerprint density at radius 1 is 1.35 bits per heavy atom. The van der Waals surface area contributed by atoms with Crippen LogP contribution >= 0.6 is 0 Å². The van der Waals surface area contributed by atoms with Gasteiger partial charge in [0.1, 0.15) is 11.3 Å². The third kappa shape index (κ3) is 3.72. The second-order valence-corrected chi connectivity index (χ2v) is 4.16. The van der Waals surface area contributed by atoms with Gasteiger partial charge in [0.05, 0.1) is 6.61 Å². The molecule has 2 aromatic rings. The van der Waals surface area contributed by atoms with Crippen LogP contribution in [0.1, 0.15) is 13.3 Å². The molecule has 0 fully saturated rings. The van der Waals surface area contributed by atoms with E-state index in [1.807, 2.05) is 30.3 Å². The normalized spacial score (nSPS) is 9.65.